The molecule has 0 atom stereocenters. The van der Waals surface area contributed by atoms with Crippen LogP contribution in [0.15, 0.2) is 12.1 Å². The Balaban J connectivity index is 2.00. The van der Waals surface area contributed by atoms with Gasteiger partial charge in [0.25, 0.3) is 0 Å². The maximum absolute atomic E-state index is 9.45. The van der Waals surface area contributed by atoms with Crippen molar-refractivity contribution in [3.63, 3.8) is 0 Å². The first-order valence-electron chi connectivity index (χ1n) is 7.34. The minimum atomic E-state index is -0.546. The van der Waals surface area contributed by atoms with E-state index in [9.17, 15) is 5.26 Å². The quantitative estimate of drug-likeness (QED) is 0.787. The first-order valence-corrected chi connectivity index (χ1v) is 7.72. The fourth-order valence-electron chi connectivity index (χ4n) is 2.57. The Morgan fingerprint density at radius 2 is 1.76 bits per heavy atom. The van der Waals surface area contributed by atoms with Crippen molar-refractivity contribution in [1.29, 1.82) is 5.26 Å². The molecule has 3 nitrogen and oxygen atoms in total. The van der Waals surface area contributed by atoms with Crippen LogP contribution in [0.2, 0.25) is 5.02 Å². The van der Waals surface area contributed by atoms with Gasteiger partial charge in [-0.25, -0.2) is 0 Å². The minimum absolute atomic E-state index is 0.425. The monoisotopic (exact) mass is 303 g/mol. The van der Waals surface area contributed by atoms with Gasteiger partial charge in [-0.15, -0.1) is 0 Å². The third-order valence-corrected chi connectivity index (χ3v) is 5.14. The molecule has 0 amide bonds. The molecule has 21 heavy (non-hydrogen) atoms. The van der Waals surface area contributed by atoms with Crippen molar-refractivity contribution < 1.29 is 9.31 Å². The number of rotatable bonds is 2. The van der Waals surface area contributed by atoms with E-state index in [1.54, 1.807) is 0 Å². The summed E-state index contributed by atoms with van der Waals surface area (Å²) in [4.78, 5) is 0. The summed E-state index contributed by atoms with van der Waals surface area (Å²) in [7, 11) is -0.546. The first kappa shape index (κ1) is 14.9. The zero-order chi connectivity index (χ0) is 15.4. The molecule has 1 saturated carbocycles. The third-order valence-electron chi connectivity index (χ3n) is 4.81. The van der Waals surface area contributed by atoms with Gasteiger partial charge in [-0.05, 0) is 64.2 Å². The van der Waals surface area contributed by atoms with Crippen molar-refractivity contribution in [1.82, 2.24) is 0 Å². The Morgan fingerprint density at radius 3 is 2.24 bits per heavy atom. The first-order chi connectivity index (χ1) is 9.75. The molecule has 1 aromatic rings. The molecular weight excluding hydrogens is 284 g/mol. The molecule has 1 aliphatic carbocycles. The number of hydrogen-bond acceptors (Lipinski definition) is 3. The third kappa shape index (κ3) is 2.48. The lowest BCUT2D eigenvalue weighted by Gasteiger charge is -2.32. The van der Waals surface area contributed by atoms with Crippen LogP contribution < -0.4 is 5.46 Å². The van der Waals surface area contributed by atoms with Crippen LogP contribution in [0.4, 0.5) is 0 Å². The van der Waals surface area contributed by atoms with E-state index in [0.717, 1.165) is 23.9 Å². The highest BCUT2D eigenvalue weighted by atomic mass is 35.5. The molecule has 1 saturated heterocycles. The smallest absolute Gasteiger partial charge is 0.399 e. The van der Waals surface area contributed by atoms with Crippen molar-refractivity contribution in [2.45, 2.75) is 57.7 Å². The molecule has 0 spiro atoms. The Labute approximate surface area is 131 Å². The van der Waals surface area contributed by atoms with Crippen molar-refractivity contribution in [3.8, 4) is 6.07 Å². The standard InChI is InChI=1S/C16H19BClNO2/c1-15(2)16(3,4)21-17(20-15)13-8-14(18)12(10-5-6-10)7-11(13)9-19/h7-8,10H,5-6H2,1-4H3. The summed E-state index contributed by atoms with van der Waals surface area (Å²) < 4.78 is 12.1. The van der Waals surface area contributed by atoms with E-state index < -0.39 is 18.3 Å². The fourth-order valence-corrected chi connectivity index (χ4v) is 2.90. The number of nitrogens with zero attached hydrogens (tertiary/aromatic N) is 1. The molecule has 5 heteroatoms. The average Bonchev–Trinajstić information content (AvgIpc) is 3.17. The van der Waals surface area contributed by atoms with E-state index >= 15 is 0 Å². The van der Waals surface area contributed by atoms with Crippen molar-refractivity contribution >= 4 is 24.2 Å². The van der Waals surface area contributed by atoms with Gasteiger partial charge in [0.1, 0.15) is 0 Å². The second-order valence-electron chi connectivity index (χ2n) is 6.94. The highest BCUT2D eigenvalue weighted by Crippen LogP contribution is 2.43. The van der Waals surface area contributed by atoms with Gasteiger partial charge in [-0.2, -0.15) is 5.26 Å². The molecule has 1 aliphatic heterocycles. The summed E-state index contributed by atoms with van der Waals surface area (Å²) in [6, 6.07) is 6.01. The van der Waals surface area contributed by atoms with Crippen LogP contribution in [0.3, 0.4) is 0 Å². The van der Waals surface area contributed by atoms with Crippen LogP contribution in [0, 0.1) is 11.3 Å². The van der Waals surface area contributed by atoms with E-state index in [0.29, 0.717) is 16.5 Å². The molecule has 0 radical (unpaired) electrons. The highest BCUT2D eigenvalue weighted by molar-refractivity contribution is 6.63. The van der Waals surface area contributed by atoms with Gasteiger partial charge in [0.05, 0.1) is 22.8 Å². The predicted molar refractivity (Wildman–Crippen MR) is 83.9 cm³/mol. The molecule has 0 N–H and O–H groups in total. The van der Waals surface area contributed by atoms with Gasteiger partial charge in [-0.1, -0.05) is 11.6 Å². The van der Waals surface area contributed by atoms with Gasteiger partial charge in [0.2, 0.25) is 0 Å². The van der Waals surface area contributed by atoms with Crippen LogP contribution in [0.25, 0.3) is 0 Å². The Hall–Kier alpha value is -1.02. The lowest BCUT2D eigenvalue weighted by molar-refractivity contribution is 0.00578. The Kier molecular flexibility index (Phi) is 3.37. The topological polar surface area (TPSA) is 42.2 Å². The minimum Gasteiger partial charge on any atom is -0.399 e. The second-order valence-corrected chi connectivity index (χ2v) is 7.34. The molecule has 0 unspecified atom stereocenters. The summed E-state index contributed by atoms with van der Waals surface area (Å²) in [5.41, 5.74) is 1.55. The summed E-state index contributed by atoms with van der Waals surface area (Å²) in [5, 5.41) is 10.2. The fraction of sp³-hybridized carbons (Fsp3) is 0.562. The van der Waals surface area contributed by atoms with Gasteiger partial charge in [0, 0.05) is 10.5 Å². The number of nitriles is 1. The van der Waals surface area contributed by atoms with Crippen molar-refractivity contribution in [3.05, 3.63) is 28.3 Å². The van der Waals surface area contributed by atoms with E-state index in [1.165, 1.54) is 0 Å². The molecule has 1 heterocycles. The van der Waals surface area contributed by atoms with Gasteiger partial charge < -0.3 is 9.31 Å². The molecule has 2 fully saturated rings. The molecule has 0 aromatic heterocycles. The van der Waals surface area contributed by atoms with Crippen molar-refractivity contribution in [2.24, 2.45) is 0 Å². The normalized spacial score (nSPS) is 23.1. The van der Waals surface area contributed by atoms with E-state index in [4.69, 9.17) is 20.9 Å². The lowest BCUT2D eigenvalue weighted by Crippen LogP contribution is -2.41. The summed E-state index contributed by atoms with van der Waals surface area (Å²) >= 11 is 6.39. The van der Waals surface area contributed by atoms with E-state index in [2.05, 4.69) is 6.07 Å². The highest BCUT2D eigenvalue weighted by Gasteiger charge is 2.52. The predicted octanol–water partition coefficient (Wildman–Crippen LogP) is 3.39. The molecule has 110 valence electrons. The average molecular weight is 304 g/mol. The Morgan fingerprint density at radius 1 is 1.19 bits per heavy atom. The molecule has 3 rings (SSSR count). The number of halogens is 1. The SMILES string of the molecule is CC1(C)OB(c2cc(Cl)c(C3CC3)cc2C#N)OC1(C)C. The number of hydrogen-bond donors (Lipinski definition) is 0. The van der Waals surface area contributed by atoms with Crippen LogP contribution in [-0.4, -0.2) is 18.3 Å². The zero-order valence-corrected chi connectivity index (χ0v) is 13.6. The van der Waals surface area contributed by atoms with Crippen LogP contribution in [0.1, 0.15) is 57.6 Å². The maximum atomic E-state index is 9.45. The second kappa shape index (κ2) is 4.74. The molecule has 1 aromatic carbocycles. The van der Waals surface area contributed by atoms with Crippen LogP contribution in [-0.2, 0) is 9.31 Å². The zero-order valence-electron chi connectivity index (χ0n) is 12.9. The van der Waals surface area contributed by atoms with Crippen molar-refractivity contribution in [2.75, 3.05) is 0 Å². The van der Waals surface area contributed by atoms with Gasteiger partial charge in [0.15, 0.2) is 0 Å². The summed E-state index contributed by atoms with van der Waals surface area (Å²) in [6.07, 6.45) is 2.31. The van der Waals surface area contributed by atoms with Gasteiger partial charge >= 0.3 is 7.12 Å². The number of benzene rings is 1. The van der Waals surface area contributed by atoms with Crippen LogP contribution >= 0.6 is 11.6 Å². The Bertz CT molecular complexity index is 616. The largest absolute Gasteiger partial charge is 0.496 e. The lowest BCUT2D eigenvalue weighted by atomic mass is 9.75. The van der Waals surface area contributed by atoms with Crippen LogP contribution in [0.5, 0.6) is 0 Å². The molecular formula is C16H19BClNO2. The van der Waals surface area contributed by atoms with Gasteiger partial charge in [-0.3, -0.25) is 0 Å². The summed E-state index contributed by atoms with van der Waals surface area (Å²) in [6.45, 7) is 8.00. The van der Waals surface area contributed by atoms with E-state index in [1.807, 2.05) is 39.8 Å². The maximum Gasteiger partial charge on any atom is 0.496 e. The summed E-state index contributed by atoms with van der Waals surface area (Å²) in [5.74, 6) is 0.511. The molecule has 2 aliphatic rings. The van der Waals surface area contributed by atoms with E-state index in [-0.39, 0.29) is 0 Å². The molecule has 0 bridgehead atoms.